The van der Waals surface area contributed by atoms with Gasteiger partial charge >= 0.3 is 11.9 Å². The molecule has 0 unspecified atom stereocenters. The Morgan fingerprint density at radius 3 is 1.60 bits per heavy atom. The molecule has 0 aromatic rings. The molecule has 0 radical (unpaired) electrons. The molecule has 1 rings (SSSR count). The summed E-state index contributed by atoms with van der Waals surface area (Å²) in [6.07, 6.45) is 6.81. The second-order valence-corrected chi connectivity index (χ2v) is 5.14. The Morgan fingerprint density at radius 2 is 1.25 bits per heavy atom. The van der Waals surface area contributed by atoms with E-state index in [-0.39, 0.29) is 11.9 Å². The van der Waals surface area contributed by atoms with E-state index < -0.39 is 0 Å². The highest BCUT2D eigenvalue weighted by atomic mass is 16.5. The van der Waals surface area contributed by atoms with Gasteiger partial charge in [-0.2, -0.15) is 0 Å². The summed E-state index contributed by atoms with van der Waals surface area (Å²) >= 11 is 0. The lowest BCUT2D eigenvalue weighted by molar-refractivity contribution is -0.143. The van der Waals surface area contributed by atoms with E-state index in [2.05, 4.69) is 0 Å². The van der Waals surface area contributed by atoms with E-state index in [1.165, 1.54) is 0 Å². The average Bonchev–Trinajstić information content (AvgIpc) is 2.47. The number of carbonyl (C=O) groups excluding carboxylic acids is 2. The van der Waals surface area contributed by atoms with E-state index in [1.54, 1.807) is 0 Å². The Kier molecular flexibility index (Phi) is 8.00. The highest BCUT2D eigenvalue weighted by Crippen LogP contribution is 2.26. The minimum atomic E-state index is -0.333. The first-order valence-electron chi connectivity index (χ1n) is 7.77. The van der Waals surface area contributed by atoms with Gasteiger partial charge in [0.1, 0.15) is 0 Å². The normalized spacial score (nSPS) is 15.1. The number of unbranched alkanes of at least 4 members (excludes halogenated alkanes) is 2. The van der Waals surface area contributed by atoms with Crippen molar-refractivity contribution in [3.8, 4) is 0 Å². The molecule has 0 spiro atoms. The Morgan fingerprint density at radius 1 is 0.850 bits per heavy atom. The van der Waals surface area contributed by atoms with Crippen LogP contribution in [0.25, 0.3) is 0 Å². The fourth-order valence-corrected chi connectivity index (χ4v) is 2.15. The molecule has 0 fully saturated rings. The van der Waals surface area contributed by atoms with Gasteiger partial charge in [0, 0.05) is 11.1 Å². The van der Waals surface area contributed by atoms with E-state index in [0.717, 1.165) is 38.5 Å². The highest BCUT2D eigenvalue weighted by Gasteiger charge is 2.25. The molecule has 0 saturated heterocycles. The summed E-state index contributed by atoms with van der Waals surface area (Å²) < 4.78 is 10.4. The summed E-state index contributed by atoms with van der Waals surface area (Å²) in [5.74, 6) is -0.666. The molecule has 0 aromatic heterocycles. The van der Waals surface area contributed by atoms with Gasteiger partial charge in [-0.3, -0.25) is 0 Å². The maximum atomic E-state index is 12.0. The molecule has 0 amide bonds. The lowest BCUT2D eigenvalue weighted by Gasteiger charge is -2.18. The Balaban J connectivity index is 2.64. The predicted octanol–water partition coefficient (Wildman–Crippen LogP) is 3.54. The van der Waals surface area contributed by atoms with Crippen LogP contribution in [0.4, 0.5) is 0 Å². The minimum absolute atomic E-state index is 0.333. The van der Waals surface area contributed by atoms with Crippen molar-refractivity contribution < 1.29 is 19.1 Å². The number of hydrogen-bond acceptors (Lipinski definition) is 4. The van der Waals surface area contributed by atoms with Crippen LogP contribution < -0.4 is 0 Å². The summed E-state index contributed by atoms with van der Waals surface area (Å²) in [4.78, 5) is 24.1. The van der Waals surface area contributed by atoms with Crippen molar-refractivity contribution in [2.24, 2.45) is 0 Å². The standard InChI is InChI=1S/C16H26O4/c1-3-5-11-19-15(17)13-9-7-8-10-14(13)16(18)20-12-6-4-2/h3-12H2,1-2H3. The van der Waals surface area contributed by atoms with Crippen molar-refractivity contribution in [3.05, 3.63) is 11.1 Å². The van der Waals surface area contributed by atoms with Crippen LogP contribution >= 0.6 is 0 Å². The van der Waals surface area contributed by atoms with Crippen molar-refractivity contribution >= 4 is 11.9 Å². The lowest BCUT2D eigenvalue weighted by Crippen LogP contribution is -2.20. The maximum absolute atomic E-state index is 12.0. The van der Waals surface area contributed by atoms with E-state index in [9.17, 15) is 9.59 Å². The molecule has 4 nitrogen and oxygen atoms in total. The molecular weight excluding hydrogens is 256 g/mol. The first-order valence-corrected chi connectivity index (χ1v) is 7.77. The molecule has 1 aliphatic carbocycles. The van der Waals surface area contributed by atoms with Crippen molar-refractivity contribution in [2.45, 2.75) is 65.2 Å². The van der Waals surface area contributed by atoms with Gasteiger partial charge in [0.25, 0.3) is 0 Å². The zero-order valence-corrected chi connectivity index (χ0v) is 12.7. The lowest BCUT2D eigenvalue weighted by atomic mass is 9.92. The third-order valence-electron chi connectivity index (χ3n) is 3.42. The monoisotopic (exact) mass is 282 g/mol. The second kappa shape index (κ2) is 9.56. The molecule has 1 aliphatic rings. The van der Waals surface area contributed by atoms with Gasteiger partial charge in [-0.05, 0) is 38.5 Å². The summed E-state index contributed by atoms with van der Waals surface area (Å²) in [6.45, 7) is 4.95. The zero-order valence-electron chi connectivity index (χ0n) is 12.7. The van der Waals surface area contributed by atoms with E-state index in [1.807, 2.05) is 13.8 Å². The van der Waals surface area contributed by atoms with Crippen LogP contribution in [0, 0.1) is 0 Å². The Hall–Kier alpha value is -1.32. The average molecular weight is 282 g/mol. The van der Waals surface area contributed by atoms with Crippen LogP contribution in [0.1, 0.15) is 65.2 Å². The van der Waals surface area contributed by atoms with Gasteiger partial charge in [0.05, 0.1) is 13.2 Å². The maximum Gasteiger partial charge on any atom is 0.334 e. The molecule has 0 bridgehead atoms. The number of rotatable bonds is 8. The molecule has 0 heterocycles. The quantitative estimate of drug-likeness (QED) is 0.504. The molecule has 0 N–H and O–H groups in total. The van der Waals surface area contributed by atoms with Gasteiger partial charge < -0.3 is 9.47 Å². The van der Waals surface area contributed by atoms with Crippen LogP contribution in [0.5, 0.6) is 0 Å². The van der Waals surface area contributed by atoms with Crippen LogP contribution in [-0.4, -0.2) is 25.2 Å². The van der Waals surface area contributed by atoms with E-state index in [0.29, 0.717) is 37.2 Å². The topological polar surface area (TPSA) is 52.6 Å². The molecule has 0 aliphatic heterocycles. The van der Waals surface area contributed by atoms with Crippen molar-refractivity contribution in [3.63, 3.8) is 0 Å². The van der Waals surface area contributed by atoms with Crippen molar-refractivity contribution in [1.82, 2.24) is 0 Å². The number of ether oxygens (including phenoxy) is 2. The zero-order chi connectivity index (χ0) is 14.8. The fraction of sp³-hybridized carbons (Fsp3) is 0.750. The van der Waals surface area contributed by atoms with Gasteiger partial charge in [0.2, 0.25) is 0 Å². The summed E-state index contributed by atoms with van der Waals surface area (Å²) in [5.41, 5.74) is 1.07. The molecule has 0 saturated carbocycles. The van der Waals surface area contributed by atoms with Gasteiger partial charge in [-0.1, -0.05) is 26.7 Å². The van der Waals surface area contributed by atoms with Crippen LogP contribution in [0.2, 0.25) is 0 Å². The first kappa shape index (κ1) is 16.7. The summed E-state index contributed by atoms with van der Waals surface area (Å²) in [5, 5.41) is 0. The van der Waals surface area contributed by atoms with E-state index in [4.69, 9.17) is 9.47 Å². The smallest absolute Gasteiger partial charge is 0.334 e. The largest absolute Gasteiger partial charge is 0.462 e. The van der Waals surface area contributed by atoms with Crippen molar-refractivity contribution in [1.29, 1.82) is 0 Å². The molecular formula is C16H26O4. The van der Waals surface area contributed by atoms with Gasteiger partial charge in [-0.25, -0.2) is 9.59 Å². The second-order valence-electron chi connectivity index (χ2n) is 5.14. The molecule has 20 heavy (non-hydrogen) atoms. The molecule has 0 atom stereocenters. The number of hydrogen-bond donors (Lipinski definition) is 0. The molecule has 114 valence electrons. The Labute approximate surface area is 121 Å². The fourth-order valence-electron chi connectivity index (χ4n) is 2.15. The third kappa shape index (κ3) is 5.35. The third-order valence-corrected chi connectivity index (χ3v) is 3.42. The highest BCUT2D eigenvalue weighted by molar-refractivity contribution is 6.00. The van der Waals surface area contributed by atoms with E-state index >= 15 is 0 Å². The Bertz CT molecular complexity index is 323. The first-order chi connectivity index (χ1) is 9.70. The van der Waals surface area contributed by atoms with Gasteiger partial charge in [0.15, 0.2) is 0 Å². The summed E-state index contributed by atoms with van der Waals surface area (Å²) in [6, 6.07) is 0. The minimum Gasteiger partial charge on any atom is -0.462 e. The summed E-state index contributed by atoms with van der Waals surface area (Å²) in [7, 11) is 0. The predicted molar refractivity (Wildman–Crippen MR) is 77.2 cm³/mol. The van der Waals surface area contributed by atoms with Crippen LogP contribution in [0.15, 0.2) is 11.1 Å². The number of esters is 2. The SMILES string of the molecule is CCCCOC(=O)C1=C(C(=O)OCCCC)CCCC1. The molecule has 0 aromatic carbocycles. The van der Waals surface area contributed by atoms with Crippen LogP contribution in [0.3, 0.4) is 0 Å². The van der Waals surface area contributed by atoms with Gasteiger partial charge in [-0.15, -0.1) is 0 Å². The molecule has 4 heteroatoms. The number of carbonyl (C=O) groups is 2. The van der Waals surface area contributed by atoms with Crippen molar-refractivity contribution in [2.75, 3.05) is 13.2 Å². The van der Waals surface area contributed by atoms with Crippen LogP contribution in [-0.2, 0) is 19.1 Å².